The van der Waals surface area contributed by atoms with Crippen LogP contribution in [0.15, 0.2) is 36.4 Å². The van der Waals surface area contributed by atoms with Crippen LogP contribution in [0.3, 0.4) is 0 Å². The minimum Gasteiger partial charge on any atom is -0.193 e. The molecule has 0 aromatic heterocycles. The van der Waals surface area contributed by atoms with Crippen LogP contribution in [0.1, 0.15) is 68.9 Å². The van der Waals surface area contributed by atoms with E-state index < -0.39 is 0 Å². The third-order valence-electron chi connectivity index (χ3n) is 4.77. The van der Waals surface area contributed by atoms with Crippen LogP contribution < -0.4 is 0 Å². The first kappa shape index (κ1) is 15.8. The molecule has 1 fully saturated rings. The van der Waals surface area contributed by atoms with Crippen LogP contribution in [0.4, 0.5) is 0 Å². The largest absolute Gasteiger partial charge is 0.193 e. The highest BCUT2D eigenvalue weighted by molar-refractivity contribution is 5.25. The Hall–Kier alpha value is -1.55. The fourth-order valence-corrected chi connectivity index (χ4v) is 3.50. The molecule has 0 unspecified atom stereocenters. The number of nitrogens with zero attached hydrogens (tertiary/aromatic N) is 1. The summed E-state index contributed by atoms with van der Waals surface area (Å²) in [5.74, 6) is 1.63. The van der Waals surface area contributed by atoms with Gasteiger partial charge in [0.05, 0.1) is 6.07 Å². The van der Waals surface area contributed by atoms with Gasteiger partial charge in [-0.15, -0.1) is 0 Å². The summed E-state index contributed by atoms with van der Waals surface area (Å²) >= 11 is 0. The maximum atomic E-state index is 8.48. The van der Waals surface area contributed by atoms with Gasteiger partial charge in [0.1, 0.15) is 0 Å². The Labute approximate surface area is 129 Å². The Morgan fingerprint density at radius 2 is 1.86 bits per heavy atom. The molecule has 1 aliphatic carbocycles. The smallest absolute Gasteiger partial charge is 0.0908 e. The average Bonchev–Trinajstić information content (AvgIpc) is 2.53. The van der Waals surface area contributed by atoms with Gasteiger partial charge in [0.2, 0.25) is 0 Å². The molecule has 1 aromatic rings. The fourth-order valence-electron chi connectivity index (χ4n) is 3.50. The summed E-state index contributed by atoms with van der Waals surface area (Å²) in [6, 6.07) is 11.4. The van der Waals surface area contributed by atoms with E-state index >= 15 is 0 Å². The Balaban J connectivity index is 1.78. The predicted molar refractivity (Wildman–Crippen MR) is 89.1 cm³/mol. The van der Waals surface area contributed by atoms with E-state index in [-0.39, 0.29) is 0 Å². The van der Waals surface area contributed by atoms with E-state index in [1.165, 1.54) is 56.1 Å². The summed E-state index contributed by atoms with van der Waals surface area (Å²) in [5.41, 5.74) is 3.01. The van der Waals surface area contributed by atoms with Gasteiger partial charge in [-0.1, -0.05) is 43.7 Å². The zero-order valence-corrected chi connectivity index (χ0v) is 13.2. The molecule has 0 radical (unpaired) electrons. The molecule has 2 rings (SSSR count). The Kier molecular flexibility index (Phi) is 6.54. The average molecular weight is 281 g/mol. The van der Waals surface area contributed by atoms with Crippen LogP contribution in [0.25, 0.3) is 0 Å². The lowest BCUT2D eigenvalue weighted by Gasteiger charge is -2.28. The molecule has 1 saturated carbocycles. The van der Waals surface area contributed by atoms with Gasteiger partial charge in [-0.3, -0.25) is 0 Å². The second-order valence-corrected chi connectivity index (χ2v) is 6.32. The van der Waals surface area contributed by atoms with Gasteiger partial charge in [0, 0.05) is 6.08 Å². The molecule has 0 bridgehead atoms. The number of hydrogen-bond acceptors (Lipinski definition) is 1. The van der Waals surface area contributed by atoms with Crippen LogP contribution in [-0.4, -0.2) is 0 Å². The molecule has 0 heterocycles. The topological polar surface area (TPSA) is 23.8 Å². The molecule has 0 atom stereocenters. The van der Waals surface area contributed by atoms with Gasteiger partial charge in [0.15, 0.2) is 0 Å². The van der Waals surface area contributed by atoms with Crippen molar-refractivity contribution < 1.29 is 0 Å². The van der Waals surface area contributed by atoms with Crippen LogP contribution in [0.5, 0.6) is 0 Å². The Morgan fingerprint density at radius 1 is 1.14 bits per heavy atom. The van der Waals surface area contributed by atoms with Gasteiger partial charge in [-0.25, -0.2) is 0 Å². The van der Waals surface area contributed by atoms with Crippen molar-refractivity contribution in [1.82, 2.24) is 0 Å². The molecular formula is C20H27N. The van der Waals surface area contributed by atoms with Crippen LogP contribution in [0.2, 0.25) is 0 Å². The summed E-state index contributed by atoms with van der Waals surface area (Å²) < 4.78 is 0. The molecule has 0 amide bonds. The first-order chi connectivity index (χ1) is 10.3. The van der Waals surface area contributed by atoms with Gasteiger partial charge < -0.3 is 0 Å². The van der Waals surface area contributed by atoms with E-state index in [0.717, 1.165) is 18.3 Å². The van der Waals surface area contributed by atoms with Gasteiger partial charge in [0.25, 0.3) is 0 Å². The van der Waals surface area contributed by atoms with Crippen LogP contribution >= 0.6 is 0 Å². The van der Waals surface area contributed by atoms with Crippen LogP contribution in [0, 0.1) is 17.2 Å². The van der Waals surface area contributed by atoms with Crippen molar-refractivity contribution >= 4 is 0 Å². The molecule has 112 valence electrons. The normalized spacial score (nSPS) is 22.3. The Morgan fingerprint density at radius 3 is 2.48 bits per heavy atom. The quantitative estimate of drug-likeness (QED) is 0.607. The van der Waals surface area contributed by atoms with Crippen molar-refractivity contribution in [3.63, 3.8) is 0 Å². The van der Waals surface area contributed by atoms with E-state index in [0.29, 0.717) is 0 Å². The van der Waals surface area contributed by atoms with E-state index in [1.807, 2.05) is 6.08 Å². The highest BCUT2D eigenvalue weighted by atomic mass is 14.3. The SMILES string of the molecule is CCCc1ccc(C2CCC(CC/C=C/C#N)CC2)cc1. The Bertz CT molecular complexity index is 470. The number of aryl methyl sites for hydroxylation is 1. The highest BCUT2D eigenvalue weighted by Crippen LogP contribution is 2.37. The van der Waals surface area contributed by atoms with Gasteiger partial charge >= 0.3 is 0 Å². The molecule has 0 saturated heterocycles. The molecule has 0 N–H and O–H groups in total. The molecule has 21 heavy (non-hydrogen) atoms. The zero-order valence-electron chi connectivity index (χ0n) is 13.2. The maximum absolute atomic E-state index is 8.48. The number of benzene rings is 1. The summed E-state index contributed by atoms with van der Waals surface area (Å²) in [6.07, 6.45) is 13.7. The van der Waals surface area contributed by atoms with Gasteiger partial charge in [-0.05, 0) is 67.9 Å². The lowest BCUT2D eigenvalue weighted by molar-refractivity contribution is 0.312. The number of allylic oxidation sites excluding steroid dienone is 2. The molecule has 0 spiro atoms. The second-order valence-electron chi connectivity index (χ2n) is 6.32. The van der Waals surface area contributed by atoms with Crippen molar-refractivity contribution in [3.05, 3.63) is 47.5 Å². The molecule has 1 heteroatoms. The van der Waals surface area contributed by atoms with Crippen molar-refractivity contribution in [2.24, 2.45) is 5.92 Å². The maximum Gasteiger partial charge on any atom is 0.0908 e. The second kappa shape index (κ2) is 8.67. The standard InChI is InChI=1S/C20H27N/c1-2-6-17-8-12-19(13-9-17)20-14-10-18(11-15-20)7-4-3-5-16-21/h3,5,8-9,12-13,18,20H,2,4,6-7,10-11,14-15H2,1H3/b5-3+. The summed E-state index contributed by atoms with van der Waals surface area (Å²) in [4.78, 5) is 0. The molecular weight excluding hydrogens is 254 g/mol. The van der Waals surface area contributed by atoms with Crippen molar-refractivity contribution in [1.29, 1.82) is 5.26 Å². The monoisotopic (exact) mass is 281 g/mol. The predicted octanol–water partition coefficient (Wildman–Crippen LogP) is 5.77. The lowest BCUT2D eigenvalue weighted by Crippen LogP contribution is -2.13. The third kappa shape index (κ3) is 5.05. The highest BCUT2D eigenvalue weighted by Gasteiger charge is 2.21. The van der Waals surface area contributed by atoms with E-state index in [9.17, 15) is 0 Å². The van der Waals surface area contributed by atoms with E-state index in [4.69, 9.17) is 5.26 Å². The molecule has 1 nitrogen and oxygen atoms in total. The fraction of sp³-hybridized carbons (Fsp3) is 0.550. The molecule has 1 aromatic carbocycles. The molecule has 1 aliphatic rings. The number of rotatable bonds is 6. The first-order valence-electron chi connectivity index (χ1n) is 8.47. The first-order valence-corrected chi connectivity index (χ1v) is 8.47. The van der Waals surface area contributed by atoms with Crippen LogP contribution in [-0.2, 0) is 6.42 Å². The lowest BCUT2D eigenvalue weighted by atomic mass is 9.77. The minimum atomic E-state index is 0.770. The zero-order chi connectivity index (χ0) is 14.9. The molecule has 0 aliphatic heterocycles. The minimum absolute atomic E-state index is 0.770. The van der Waals surface area contributed by atoms with E-state index in [1.54, 1.807) is 6.08 Å². The van der Waals surface area contributed by atoms with E-state index in [2.05, 4.69) is 37.3 Å². The number of nitriles is 1. The summed E-state index contributed by atoms with van der Waals surface area (Å²) in [5, 5.41) is 8.48. The van der Waals surface area contributed by atoms with Crippen molar-refractivity contribution in [2.45, 2.75) is 64.2 Å². The summed E-state index contributed by atoms with van der Waals surface area (Å²) in [6.45, 7) is 2.24. The third-order valence-corrected chi connectivity index (χ3v) is 4.77. The number of hydrogen-bond donors (Lipinski definition) is 0. The summed E-state index contributed by atoms with van der Waals surface area (Å²) in [7, 11) is 0. The van der Waals surface area contributed by atoms with Crippen molar-refractivity contribution in [2.75, 3.05) is 0 Å². The van der Waals surface area contributed by atoms with Gasteiger partial charge in [-0.2, -0.15) is 5.26 Å². The van der Waals surface area contributed by atoms with Crippen molar-refractivity contribution in [3.8, 4) is 6.07 Å².